The highest BCUT2D eigenvalue weighted by molar-refractivity contribution is 6.11. The van der Waals surface area contributed by atoms with Gasteiger partial charge in [0.05, 0.1) is 13.5 Å². The lowest BCUT2D eigenvalue weighted by atomic mass is 9.99. The van der Waals surface area contributed by atoms with E-state index < -0.39 is 11.9 Å². The fraction of sp³-hybridized carbons (Fsp3) is 0.250. The molecule has 0 fully saturated rings. The predicted molar refractivity (Wildman–Crippen MR) is 58.2 cm³/mol. The van der Waals surface area contributed by atoms with Gasteiger partial charge in [0.1, 0.15) is 6.54 Å². The summed E-state index contributed by atoms with van der Waals surface area (Å²) in [5, 5.41) is 0. The van der Waals surface area contributed by atoms with Gasteiger partial charge in [-0.1, -0.05) is 18.2 Å². The van der Waals surface area contributed by atoms with Crippen LogP contribution in [0, 0.1) is 0 Å². The van der Waals surface area contributed by atoms with Gasteiger partial charge in [0.25, 0.3) is 5.91 Å². The first-order valence-electron chi connectivity index (χ1n) is 5.13. The third-order valence-electron chi connectivity index (χ3n) is 2.65. The molecule has 5 heteroatoms. The van der Waals surface area contributed by atoms with E-state index in [4.69, 9.17) is 0 Å². The molecule has 0 saturated carbocycles. The lowest BCUT2D eigenvalue weighted by molar-refractivity contribution is -0.145. The van der Waals surface area contributed by atoms with E-state index in [9.17, 15) is 14.4 Å². The van der Waals surface area contributed by atoms with Crippen LogP contribution in [0.15, 0.2) is 24.3 Å². The molecular formula is C12H11NO4. The fourth-order valence-electron chi connectivity index (χ4n) is 1.75. The van der Waals surface area contributed by atoms with Gasteiger partial charge in [-0.15, -0.1) is 0 Å². The fourth-order valence-corrected chi connectivity index (χ4v) is 1.75. The Balaban J connectivity index is 2.30. The van der Waals surface area contributed by atoms with Crippen molar-refractivity contribution in [1.82, 2.24) is 4.90 Å². The molecule has 0 aliphatic carbocycles. The average Bonchev–Trinajstić information content (AvgIpc) is 2.34. The van der Waals surface area contributed by atoms with Crippen LogP contribution in [-0.4, -0.2) is 36.3 Å². The number of fused-ring (bicyclic) bond motifs is 1. The van der Waals surface area contributed by atoms with Crippen molar-refractivity contribution in [3.8, 4) is 0 Å². The minimum atomic E-state index is -0.605. The molecule has 0 atom stereocenters. The molecule has 0 spiro atoms. The zero-order chi connectivity index (χ0) is 12.4. The van der Waals surface area contributed by atoms with Gasteiger partial charge in [-0.3, -0.25) is 19.3 Å². The number of rotatable bonds is 2. The zero-order valence-electron chi connectivity index (χ0n) is 9.30. The normalized spacial score (nSPS) is 14.5. The summed E-state index contributed by atoms with van der Waals surface area (Å²) in [5.41, 5.74) is 1.17. The Labute approximate surface area is 98.0 Å². The first-order valence-corrected chi connectivity index (χ1v) is 5.13. The van der Waals surface area contributed by atoms with E-state index in [1.54, 1.807) is 24.3 Å². The van der Waals surface area contributed by atoms with Crippen molar-refractivity contribution in [2.75, 3.05) is 13.7 Å². The summed E-state index contributed by atoms with van der Waals surface area (Å²) < 4.78 is 4.45. The maximum atomic E-state index is 12.0. The van der Waals surface area contributed by atoms with E-state index in [0.717, 1.165) is 4.90 Å². The first kappa shape index (κ1) is 11.3. The molecule has 0 unspecified atom stereocenters. The molecule has 0 aromatic heterocycles. The van der Waals surface area contributed by atoms with Crippen LogP contribution in [-0.2, 0) is 20.7 Å². The van der Waals surface area contributed by atoms with Crippen molar-refractivity contribution in [2.24, 2.45) is 0 Å². The van der Waals surface area contributed by atoms with E-state index in [-0.39, 0.29) is 18.9 Å². The number of carbonyl (C=O) groups is 3. The summed E-state index contributed by atoms with van der Waals surface area (Å²) in [7, 11) is 1.22. The van der Waals surface area contributed by atoms with E-state index in [2.05, 4.69) is 4.74 Å². The topological polar surface area (TPSA) is 63.7 Å². The third kappa shape index (κ3) is 2.04. The number of imide groups is 1. The van der Waals surface area contributed by atoms with Crippen LogP contribution >= 0.6 is 0 Å². The Morgan fingerprint density at radius 3 is 2.76 bits per heavy atom. The number of amides is 2. The highest BCUT2D eigenvalue weighted by Gasteiger charge is 2.31. The van der Waals surface area contributed by atoms with Gasteiger partial charge >= 0.3 is 5.97 Å². The van der Waals surface area contributed by atoms with Gasteiger partial charge < -0.3 is 4.74 Å². The number of esters is 1. The van der Waals surface area contributed by atoms with Crippen molar-refractivity contribution in [3.05, 3.63) is 35.4 Å². The van der Waals surface area contributed by atoms with Gasteiger partial charge in [0.15, 0.2) is 0 Å². The maximum absolute atomic E-state index is 12.0. The summed E-state index contributed by atoms with van der Waals surface area (Å²) in [6.07, 6.45) is 0.138. The summed E-state index contributed by atoms with van der Waals surface area (Å²) in [4.78, 5) is 35.7. The number of carbonyl (C=O) groups excluding carboxylic acids is 3. The zero-order valence-corrected chi connectivity index (χ0v) is 9.30. The molecule has 0 N–H and O–H groups in total. The van der Waals surface area contributed by atoms with Gasteiger partial charge in [-0.2, -0.15) is 0 Å². The second-order valence-electron chi connectivity index (χ2n) is 3.70. The van der Waals surface area contributed by atoms with E-state index in [1.165, 1.54) is 7.11 Å². The quantitative estimate of drug-likeness (QED) is 0.547. The number of benzene rings is 1. The first-order chi connectivity index (χ1) is 8.13. The standard InChI is InChI=1S/C12H11NO4/c1-17-11(15)7-13-10(14)6-8-4-2-3-5-9(8)12(13)16/h2-5H,6-7H2,1H3. The maximum Gasteiger partial charge on any atom is 0.325 e. The van der Waals surface area contributed by atoms with Crippen molar-refractivity contribution in [2.45, 2.75) is 6.42 Å². The van der Waals surface area contributed by atoms with E-state index >= 15 is 0 Å². The molecule has 1 aromatic carbocycles. The monoisotopic (exact) mass is 233 g/mol. The van der Waals surface area contributed by atoms with Gasteiger partial charge in [-0.25, -0.2) is 0 Å². The number of methoxy groups -OCH3 is 1. The van der Waals surface area contributed by atoms with Crippen LogP contribution in [0.25, 0.3) is 0 Å². The summed E-state index contributed by atoms with van der Waals surface area (Å²) in [6, 6.07) is 6.88. The van der Waals surface area contributed by atoms with Crippen molar-refractivity contribution in [3.63, 3.8) is 0 Å². The van der Waals surface area contributed by atoms with Crippen LogP contribution in [0.1, 0.15) is 15.9 Å². The molecule has 1 aliphatic heterocycles. The Hall–Kier alpha value is -2.17. The summed E-state index contributed by atoms with van der Waals surface area (Å²) in [6.45, 7) is -0.331. The molecular weight excluding hydrogens is 222 g/mol. The highest BCUT2D eigenvalue weighted by atomic mass is 16.5. The van der Waals surface area contributed by atoms with E-state index in [0.29, 0.717) is 11.1 Å². The molecule has 5 nitrogen and oxygen atoms in total. The Morgan fingerprint density at radius 2 is 2.06 bits per heavy atom. The van der Waals surface area contributed by atoms with Crippen molar-refractivity contribution >= 4 is 17.8 Å². The van der Waals surface area contributed by atoms with Gasteiger partial charge in [0.2, 0.25) is 5.91 Å². The molecule has 17 heavy (non-hydrogen) atoms. The Kier molecular flexibility index (Phi) is 2.91. The van der Waals surface area contributed by atoms with Crippen LogP contribution < -0.4 is 0 Å². The lowest BCUT2D eigenvalue weighted by Gasteiger charge is -2.25. The van der Waals surface area contributed by atoms with Gasteiger partial charge in [-0.05, 0) is 11.6 Å². The molecule has 88 valence electrons. The predicted octanol–water partition coefficient (Wildman–Crippen LogP) is 0.384. The SMILES string of the molecule is COC(=O)CN1C(=O)Cc2ccccc2C1=O. The van der Waals surface area contributed by atoms with Crippen LogP contribution in [0.3, 0.4) is 0 Å². The molecule has 1 aliphatic rings. The second-order valence-corrected chi connectivity index (χ2v) is 3.70. The number of ether oxygens (including phenoxy) is 1. The minimum absolute atomic E-state index is 0.138. The van der Waals surface area contributed by atoms with E-state index in [1.807, 2.05) is 0 Å². The second kappa shape index (κ2) is 4.37. The van der Waals surface area contributed by atoms with Crippen molar-refractivity contribution < 1.29 is 19.1 Å². The third-order valence-corrected chi connectivity index (χ3v) is 2.65. The largest absolute Gasteiger partial charge is 0.468 e. The highest BCUT2D eigenvalue weighted by Crippen LogP contribution is 2.19. The molecule has 0 bridgehead atoms. The molecule has 0 radical (unpaired) electrons. The number of nitrogens with zero attached hydrogens (tertiary/aromatic N) is 1. The Morgan fingerprint density at radius 1 is 1.35 bits per heavy atom. The Bertz CT molecular complexity index is 495. The minimum Gasteiger partial charge on any atom is -0.468 e. The summed E-state index contributed by atoms with van der Waals surface area (Å²) in [5.74, 6) is -1.42. The lowest BCUT2D eigenvalue weighted by Crippen LogP contribution is -2.45. The molecule has 2 rings (SSSR count). The van der Waals surface area contributed by atoms with Crippen molar-refractivity contribution in [1.29, 1.82) is 0 Å². The number of hydrogen-bond acceptors (Lipinski definition) is 4. The molecule has 2 amide bonds. The smallest absolute Gasteiger partial charge is 0.325 e. The van der Waals surface area contributed by atoms with Crippen LogP contribution in [0.4, 0.5) is 0 Å². The van der Waals surface area contributed by atoms with Gasteiger partial charge in [0, 0.05) is 5.56 Å². The summed E-state index contributed by atoms with van der Waals surface area (Å²) >= 11 is 0. The van der Waals surface area contributed by atoms with Crippen LogP contribution in [0.5, 0.6) is 0 Å². The molecule has 1 heterocycles. The molecule has 1 aromatic rings. The van der Waals surface area contributed by atoms with Crippen LogP contribution in [0.2, 0.25) is 0 Å². The average molecular weight is 233 g/mol. The molecule has 0 saturated heterocycles. The number of hydrogen-bond donors (Lipinski definition) is 0.